The van der Waals surface area contributed by atoms with E-state index in [9.17, 15) is 18.0 Å². The van der Waals surface area contributed by atoms with Gasteiger partial charge in [0.15, 0.2) is 9.84 Å². The number of rotatable bonds is 5. The molecule has 10 heteroatoms. The largest absolute Gasteiger partial charge is 0.457 e. The van der Waals surface area contributed by atoms with Crippen molar-refractivity contribution in [1.29, 1.82) is 0 Å². The summed E-state index contributed by atoms with van der Waals surface area (Å²) >= 11 is 7.13. The summed E-state index contributed by atoms with van der Waals surface area (Å²) in [5, 5.41) is 0.728. The number of esters is 1. The number of nitrogens with one attached hydrogen (secondary N) is 1. The summed E-state index contributed by atoms with van der Waals surface area (Å²) in [5.41, 5.74) is 0.105. The Morgan fingerprint density at radius 2 is 2.24 bits per heavy atom. The molecule has 134 valence electrons. The van der Waals surface area contributed by atoms with Crippen LogP contribution in [0.4, 0.5) is 0 Å². The van der Waals surface area contributed by atoms with Crippen LogP contribution in [0.15, 0.2) is 23.0 Å². The van der Waals surface area contributed by atoms with Gasteiger partial charge in [0.25, 0.3) is 5.56 Å². The standard InChI is InChI=1S/C15H15ClN2O5S2/c16-9-1-2-12-11(5-9)15(20)18-13(17-12)6-23-14(19)7-24-10-3-4-25(21,22)8-10/h1-2,5,10H,3-4,6-8H2,(H,17,18,20)/t10-/m0/s1. The van der Waals surface area contributed by atoms with E-state index in [0.717, 1.165) is 0 Å². The number of aromatic amines is 1. The van der Waals surface area contributed by atoms with Crippen molar-refractivity contribution >= 4 is 50.1 Å². The highest BCUT2D eigenvalue weighted by atomic mass is 35.5. The van der Waals surface area contributed by atoms with Crippen molar-refractivity contribution in [2.24, 2.45) is 0 Å². The smallest absolute Gasteiger partial charge is 0.316 e. The Bertz CT molecular complexity index is 974. The van der Waals surface area contributed by atoms with E-state index in [-0.39, 0.29) is 40.5 Å². The monoisotopic (exact) mass is 402 g/mol. The van der Waals surface area contributed by atoms with E-state index in [4.69, 9.17) is 16.3 Å². The fourth-order valence-electron chi connectivity index (χ4n) is 2.50. The van der Waals surface area contributed by atoms with Crippen LogP contribution in [0, 0.1) is 0 Å². The lowest BCUT2D eigenvalue weighted by atomic mass is 10.2. The van der Waals surface area contributed by atoms with E-state index < -0.39 is 15.8 Å². The number of aromatic nitrogens is 2. The molecule has 7 nitrogen and oxygen atoms in total. The molecule has 0 saturated carbocycles. The topological polar surface area (TPSA) is 106 Å². The van der Waals surface area contributed by atoms with Crippen LogP contribution in [0.3, 0.4) is 0 Å². The molecule has 1 fully saturated rings. The number of hydrogen-bond donors (Lipinski definition) is 1. The van der Waals surface area contributed by atoms with Crippen molar-refractivity contribution in [3.05, 3.63) is 39.4 Å². The molecule has 2 heterocycles. The molecule has 1 aromatic carbocycles. The van der Waals surface area contributed by atoms with Crippen molar-refractivity contribution in [2.45, 2.75) is 18.3 Å². The zero-order valence-corrected chi connectivity index (χ0v) is 15.4. The Labute approximate surface area is 153 Å². The predicted octanol–water partition coefficient (Wildman–Crippen LogP) is 1.54. The van der Waals surface area contributed by atoms with Crippen LogP contribution in [0.5, 0.6) is 0 Å². The Hall–Kier alpha value is -1.58. The van der Waals surface area contributed by atoms with E-state index in [1.165, 1.54) is 17.8 Å². The van der Waals surface area contributed by atoms with Crippen molar-refractivity contribution < 1.29 is 17.9 Å². The molecule has 1 aliphatic rings. The van der Waals surface area contributed by atoms with E-state index in [1.807, 2.05) is 0 Å². The number of hydrogen-bond acceptors (Lipinski definition) is 7. The zero-order chi connectivity index (χ0) is 18.0. The average Bonchev–Trinajstić information content (AvgIpc) is 2.91. The third-order valence-corrected chi connectivity index (χ3v) is 7.20. The molecule has 3 rings (SSSR count). The summed E-state index contributed by atoms with van der Waals surface area (Å²) in [6.45, 7) is -0.157. The molecule has 1 aliphatic heterocycles. The molecule has 1 saturated heterocycles. The van der Waals surface area contributed by atoms with Crippen LogP contribution < -0.4 is 5.56 Å². The second-order valence-corrected chi connectivity index (χ2v) is 9.62. The zero-order valence-electron chi connectivity index (χ0n) is 13.0. The van der Waals surface area contributed by atoms with Gasteiger partial charge in [-0.05, 0) is 24.6 Å². The highest BCUT2D eigenvalue weighted by molar-refractivity contribution is 8.02. The fourth-order valence-corrected chi connectivity index (χ4v) is 6.11. The highest BCUT2D eigenvalue weighted by Crippen LogP contribution is 2.24. The van der Waals surface area contributed by atoms with Crippen LogP contribution in [-0.2, 0) is 26.0 Å². The molecule has 1 atom stereocenters. The van der Waals surface area contributed by atoms with Gasteiger partial charge in [0.05, 0.1) is 28.2 Å². The minimum atomic E-state index is -2.96. The maximum atomic E-state index is 12.0. The minimum Gasteiger partial charge on any atom is -0.457 e. The number of sulfone groups is 1. The molecule has 0 aliphatic carbocycles. The summed E-state index contributed by atoms with van der Waals surface area (Å²) in [6.07, 6.45) is 0.558. The van der Waals surface area contributed by atoms with E-state index >= 15 is 0 Å². The van der Waals surface area contributed by atoms with Gasteiger partial charge < -0.3 is 9.72 Å². The van der Waals surface area contributed by atoms with Crippen molar-refractivity contribution in [3.8, 4) is 0 Å². The molecule has 0 unspecified atom stereocenters. The predicted molar refractivity (Wildman–Crippen MR) is 96.7 cm³/mol. The first-order valence-electron chi connectivity index (χ1n) is 7.48. The number of nitrogens with zero attached hydrogens (tertiary/aromatic N) is 1. The van der Waals surface area contributed by atoms with Gasteiger partial charge in [0.2, 0.25) is 0 Å². The van der Waals surface area contributed by atoms with Gasteiger partial charge in [0, 0.05) is 10.3 Å². The summed E-state index contributed by atoms with van der Waals surface area (Å²) < 4.78 is 27.9. The summed E-state index contributed by atoms with van der Waals surface area (Å²) in [6, 6.07) is 4.76. The second kappa shape index (κ2) is 7.35. The lowest BCUT2D eigenvalue weighted by Gasteiger charge is -2.08. The summed E-state index contributed by atoms with van der Waals surface area (Å²) in [7, 11) is -2.96. The van der Waals surface area contributed by atoms with Gasteiger partial charge in [0.1, 0.15) is 12.4 Å². The van der Waals surface area contributed by atoms with Gasteiger partial charge in [-0.1, -0.05) is 11.6 Å². The van der Waals surface area contributed by atoms with Gasteiger partial charge in [-0.3, -0.25) is 9.59 Å². The van der Waals surface area contributed by atoms with Crippen LogP contribution in [0.1, 0.15) is 12.2 Å². The quantitative estimate of drug-likeness (QED) is 0.756. The molecule has 0 bridgehead atoms. The number of ether oxygens (including phenoxy) is 1. The maximum Gasteiger partial charge on any atom is 0.316 e. The summed E-state index contributed by atoms with van der Waals surface area (Å²) in [4.78, 5) is 30.6. The molecule has 1 aromatic heterocycles. The number of benzene rings is 1. The molecule has 2 aromatic rings. The number of halogens is 1. The fraction of sp³-hybridized carbons (Fsp3) is 0.400. The van der Waals surface area contributed by atoms with Crippen LogP contribution in [-0.4, -0.2) is 46.9 Å². The number of thioether (sulfide) groups is 1. The third kappa shape index (κ3) is 4.74. The summed E-state index contributed by atoms with van der Waals surface area (Å²) in [5.74, 6) is 0.0990. The van der Waals surface area contributed by atoms with Crippen molar-refractivity contribution in [3.63, 3.8) is 0 Å². The number of carbonyl (C=O) groups excluding carboxylic acids is 1. The lowest BCUT2D eigenvalue weighted by molar-refractivity contribution is -0.141. The maximum absolute atomic E-state index is 12.0. The molecule has 0 radical (unpaired) electrons. The first-order chi connectivity index (χ1) is 11.8. The van der Waals surface area contributed by atoms with Crippen molar-refractivity contribution in [2.75, 3.05) is 17.3 Å². The van der Waals surface area contributed by atoms with Crippen LogP contribution in [0.25, 0.3) is 10.9 Å². The van der Waals surface area contributed by atoms with Crippen LogP contribution in [0.2, 0.25) is 5.02 Å². The Morgan fingerprint density at radius 3 is 2.96 bits per heavy atom. The normalized spacial score (nSPS) is 19.2. The molecule has 25 heavy (non-hydrogen) atoms. The first kappa shape index (κ1) is 18.2. The van der Waals surface area contributed by atoms with Gasteiger partial charge >= 0.3 is 5.97 Å². The SMILES string of the molecule is O=C(CS[C@H]1CCS(=O)(=O)C1)OCc1nc2ccc(Cl)cc2c(=O)[nH]1. The Balaban J connectivity index is 1.56. The third-order valence-electron chi connectivity index (χ3n) is 3.71. The Kier molecular flexibility index (Phi) is 5.35. The molecule has 0 spiro atoms. The van der Waals surface area contributed by atoms with Crippen molar-refractivity contribution in [1.82, 2.24) is 9.97 Å². The minimum absolute atomic E-state index is 0.0631. The number of carbonyl (C=O) groups is 1. The second-order valence-electron chi connectivity index (χ2n) is 5.67. The van der Waals surface area contributed by atoms with E-state index in [0.29, 0.717) is 22.3 Å². The number of fused-ring (bicyclic) bond motifs is 1. The Morgan fingerprint density at radius 1 is 1.44 bits per heavy atom. The number of H-pyrrole nitrogens is 1. The molecular formula is C15H15ClN2O5S2. The van der Waals surface area contributed by atoms with Gasteiger partial charge in [-0.15, -0.1) is 11.8 Å². The lowest BCUT2D eigenvalue weighted by Crippen LogP contribution is -2.16. The average molecular weight is 403 g/mol. The first-order valence-corrected chi connectivity index (χ1v) is 10.7. The van der Waals surface area contributed by atoms with Crippen LogP contribution >= 0.6 is 23.4 Å². The molecule has 0 amide bonds. The molecule has 1 N–H and O–H groups in total. The van der Waals surface area contributed by atoms with E-state index in [1.54, 1.807) is 12.1 Å². The molecular weight excluding hydrogens is 388 g/mol. The van der Waals surface area contributed by atoms with Gasteiger partial charge in [-0.25, -0.2) is 13.4 Å². The highest BCUT2D eigenvalue weighted by Gasteiger charge is 2.28. The van der Waals surface area contributed by atoms with E-state index in [2.05, 4.69) is 9.97 Å². The van der Waals surface area contributed by atoms with Gasteiger partial charge in [-0.2, -0.15) is 0 Å².